The molecular weight excluding hydrogens is 144 g/mol. The van der Waals surface area contributed by atoms with E-state index in [0.717, 1.165) is 12.8 Å². The summed E-state index contributed by atoms with van der Waals surface area (Å²) in [5, 5.41) is 0. The number of hydrogen-bond acceptors (Lipinski definition) is 0. The van der Waals surface area contributed by atoms with Crippen molar-refractivity contribution in [1.82, 2.24) is 0 Å². The van der Waals surface area contributed by atoms with Crippen LogP contribution in [0.15, 0.2) is 35.5 Å². The van der Waals surface area contributed by atoms with Crippen molar-refractivity contribution >= 4 is 0 Å². The standard InChI is InChI=1S/C12H20/c1-5-8-9-10-12(7-3)11(4)6-2/h5,8-10H,6-7H2,1-4H3. The molecule has 0 aliphatic rings. The maximum Gasteiger partial charge on any atom is -0.0308 e. The lowest BCUT2D eigenvalue weighted by Crippen LogP contribution is -1.81. The normalized spacial score (nSPS) is 14.3. The van der Waals surface area contributed by atoms with E-state index >= 15 is 0 Å². The monoisotopic (exact) mass is 164 g/mol. The van der Waals surface area contributed by atoms with Crippen molar-refractivity contribution in [2.24, 2.45) is 0 Å². The minimum atomic E-state index is 1.13. The lowest BCUT2D eigenvalue weighted by atomic mass is 10.0. The third-order valence-corrected chi connectivity index (χ3v) is 2.06. The Morgan fingerprint density at radius 1 is 1.08 bits per heavy atom. The second-order valence-corrected chi connectivity index (χ2v) is 2.90. The van der Waals surface area contributed by atoms with E-state index < -0.39 is 0 Å². The summed E-state index contributed by atoms with van der Waals surface area (Å²) in [5.74, 6) is 0. The van der Waals surface area contributed by atoms with Gasteiger partial charge in [0.05, 0.1) is 0 Å². The van der Waals surface area contributed by atoms with Gasteiger partial charge >= 0.3 is 0 Å². The molecule has 0 aromatic carbocycles. The molecule has 0 heteroatoms. The first-order valence-electron chi connectivity index (χ1n) is 4.74. The van der Waals surface area contributed by atoms with Crippen molar-refractivity contribution in [1.29, 1.82) is 0 Å². The van der Waals surface area contributed by atoms with Gasteiger partial charge in [-0.1, -0.05) is 43.7 Å². The molecule has 0 saturated carbocycles. The van der Waals surface area contributed by atoms with Crippen LogP contribution in [-0.4, -0.2) is 0 Å². The van der Waals surface area contributed by atoms with Crippen LogP contribution in [0.5, 0.6) is 0 Å². The SMILES string of the molecule is CC=CC=CC(CC)=C(C)CC. The average Bonchev–Trinajstić information content (AvgIpc) is 2.11. The van der Waals surface area contributed by atoms with E-state index in [9.17, 15) is 0 Å². The molecular formula is C12H20. The summed E-state index contributed by atoms with van der Waals surface area (Å²) in [4.78, 5) is 0. The summed E-state index contributed by atoms with van der Waals surface area (Å²) in [6, 6.07) is 0. The van der Waals surface area contributed by atoms with Gasteiger partial charge in [0.15, 0.2) is 0 Å². The minimum Gasteiger partial charge on any atom is -0.0877 e. The molecule has 0 N–H and O–H groups in total. The van der Waals surface area contributed by atoms with Crippen LogP contribution in [0.3, 0.4) is 0 Å². The Bertz CT molecular complexity index is 192. The zero-order chi connectivity index (χ0) is 9.40. The number of allylic oxidation sites excluding steroid dienone is 6. The molecule has 68 valence electrons. The molecule has 0 aromatic heterocycles. The predicted molar refractivity (Wildman–Crippen MR) is 57.2 cm³/mol. The van der Waals surface area contributed by atoms with Gasteiger partial charge in [-0.05, 0) is 32.3 Å². The van der Waals surface area contributed by atoms with Crippen molar-refractivity contribution in [3.05, 3.63) is 35.5 Å². The summed E-state index contributed by atoms with van der Waals surface area (Å²) in [6.07, 6.45) is 10.7. The van der Waals surface area contributed by atoms with Crippen molar-refractivity contribution in [2.75, 3.05) is 0 Å². The first-order valence-corrected chi connectivity index (χ1v) is 4.74. The molecule has 0 atom stereocenters. The van der Waals surface area contributed by atoms with Crippen molar-refractivity contribution in [3.8, 4) is 0 Å². The molecule has 0 amide bonds. The van der Waals surface area contributed by atoms with Gasteiger partial charge < -0.3 is 0 Å². The highest BCUT2D eigenvalue weighted by Crippen LogP contribution is 2.12. The van der Waals surface area contributed by atoms with Gasteiger partial charge in [0.1, 0.15) is 0 Å². The summed E-state index contributed by atoms with van der Waals surface area (Å²) in [5.41, 5.74) is 2.97. The van der Waals surface area contributed by atoms with Gasteiger partial charge in [0.25, 0.3) is 0 Å². The summed E-state index contributed by atoms with van der Waals surface area (Å²) in [6.45, 7) is 8.65. The van der Waals surface area contributed by atoms with E-state index in [1.54, 1.807) is 0 Å². The summed E-state index contributed by atoms with van der Waals surface area (Å²) >= 11 is 0. The molecule has 0 rings (SSSR count). The van der Waals surface area contributed by atoms with Crippen LogP contribution < -0.4 is 0 Å². The van der Waals surface area contributed by atoms with Gasteiger partial charge in [0, 0.05) is 0 Å². The van der Waals surface area contributed by atoms with E-state index in [0.29, 0.717) is 0 Å². The Hall–Kier alpha value is -0.780. The number of rotatable bonds is 4. The highest BCUT2D eigenvalue weighted by Gasteiger charge is 1.92. The second-order valence-electron chi connectivity index (χ2n) is 2.90. The minimum absolute atomic E-state index is 1.13. The Morgan fingerprint density at radius 2 is 1.75 bits per heavy atom. The Labute approximate surface area is 76.7 Å². The largest absolute Gasteiger partial charge is 0.0877 e. The molecule has 0 radical (unpaired) electrons. The molecule has 0 unspecified atom stereocenters. The Balaban J connectivity index is 4.36. The fourth-order valence-corrected chi connectivity index (χ4v) is 1.07. The van der Waals surface area contributed by atoms with Crippen LogP contribution in [-0.2, 0) is 0 Å². The summed E-state index contributed by atoms with van der Waals surface area (Å²) < 4.78 is 0. The average molecular weight is 164 g/mol. The van der Waals surface area contributed by atoms with E-state index in [-0.39, 0.29) is 0 Å². The fourth-order valence-electron chi connectivity index (χ4n) is 1.07. The summed E-state index contributed by atoms with van der Waals surface area (Å²) in [7, 11) is 0. The van der Waals surface area contributed by atoms with Crippen molar-refractivity contribution < 1.29 is 0 Å². The maximum atomic E-state index is 2.21. The van der Waals surface area contributed by atoms with Gasteiger partial charge in [0.2, 0.25) is 0 Å². The van der Waals surface area contributed by atoms with Crippen LogP contribution in [0.25, 0.3) is 0 Å². The molecule has 0 nitrogen and oxygen atoms in total. The van der Waals surface area contributed by atoms with E-state index in [4.69, 9.17) is 0 Å². The first kappa shape index (κ1) is 11.2. The molecule has 0 aliphatic heterocycles. The Kier molecular flexibility index (Phi) is 6.45. The predicted octanol–water partition coefficient (Wildman–Crippen LogP) is 4.26. The molecule has 0 saturated heterocycles. The lowest BCUT2D eigenvalue weighted by Gasteiger charge is -2.02. The molecule has 0 heterocycles. The molecule has 0 aromatic rings. The third-order valence-electron chi connectivity index (χ3n) is 2.06. The molecule has 12 heavy (non-hydrogen) atoms. The zero-order valence-electron chi connectivity index (χ0n) is 8.72. The lowest BCUT2D eigenvalue weighted by molar-refractivity contribution is 1.02. The van der Waals surface area contributed by atoms with Crippen LogP contribution in [0.1, 0.15) is 40.5 Å². The third kappa shape index (κ3) is 4.17. The van der Waals surface area contributed by atoms with Crippen LogP contribution >= 0.6 is 0 Å². The Morgan fingerprint density at radius 3 is 2.17 bits per heavy atom. The van der Waals surface area contributed by atoms with Crippen LogP contribution in [0.4, 0.5) is 0 Å². The zero-order valence-corrected chi connectivity index (χ0v) is 8.72. The highest BCUT2D eigenvalue weighted by atomic mass is 14.0. The van der Waals surface area contributed by atoms with Crippen LogP contribution in [0, 0.1) is 0 Å². The van der Waals surface area contributed by atoms with Gasteiger partial charge in [-0.25, -0.2) is 0 Å². The smallest absolute Gasteiger partial charge is 0.0308 e. The van der Waals surface area contributed by atoms with Gasteiger partial charge in [-0.15, -0.1) is 0 Å². The van der Waals surface area contributed by atoms with Gasteiger partial charge in [-0.2, -0.15) is 0 Å². The van der Waals surface area contributed by atoms with Crippen LogP contribution in [0.2, 0.25) is 0 Å². The van der Waals surface area contributed by atoms with Gasteiger partial charge in [-0.3, -0.25) is 0 Å². The fraction of sp³-hybridized carbons (Fsp3) is 0.500. The quantitative estimate of drug-likeness (QED) is 0.545. The molecule has 0 spiro atoms. The second kappa shape index (κ2) is 6.90. The van der Waals surface area contributed by atoms with Crippen molar-refractivity contribution in [2.45, 2.75) is 40.5 Å². The highest BCUT2D eigenvalue weighted by molar-refractivity contribution is 5.26. The molecule has 0 bridgehead atoms. The first-order chi connectivity index (χ1) is 5.76. The number of hydrogen-bond donors (Lipinski definition) is 0. The van der Waals surface area contributed by atoms with E-state index in [1.807, 2.05) is 13.0 Å². The molecule has 0 fully saturated rings. The van der Waals surface area contributed by atoms with E-state index in [1.165, 1.54) is 11.1 Å². The van der Waals surface area contributed by atoms with E-state index in [2.05, 4.69) is 39.0 Å². The topological polar surface area (TPSA) is 0 Å². The maximum absolute atomic E-state index is 2.21. The molecule has 0 aliphatic carbocycles. The van der Waals surface area contributed by atoms with Crippen molar-refractivity contribution in [3.63, 3.8) is 0 Å².